The van der Waals surface area contributed by atoms with Gasteiger partial charge in [0.25, 0.3) is 0 Å². The quantitative estimate of drug-likeness (QED) is 0.326. The highest BCUT2D eigenvalue weighted by Gasteiger charge is 2.18. The van der Waals surface area contributed by atoms with Crippen molar-refractivity contribution in [3.63, 3.8) is 0 Å². The molecule has 2 N–H and O–H groups in total. The molecular weight excluding hydrogens is 412 g/mol. The molecule has 4 aromatic carbocycles. The molecule has 0 saturated carbocycles. The van der Waals surface area contributed by atoms with Gasteiger partial charge in [0, 0.05) is 27.8 Å². The molecule has 1 amide bonds. The predicted octanol–water partition coefficient (Wildman–Crippen LogP) is 6.82. The molecule has 2 heterocycles. The molecule has 0 aliphatic heterocycles. The third kappa shape index (κ3) is 2.92. The number of carbonyl (C=O) groups is 1. The van der Waals surface area contributed by atoms with E-state index in [-0.39, 0.29) is 0 Å². The summed E-state index contributed by atoms with van der Waals surface area (Å²) < 4.78 is 2.32. The highest BCUT2D eigenvalue weighted by molar-refractivity contribution is 7.13. The standard InChI is InChI=1S/C28H20N2OS/c29-28(31)23-10-4-11-24-27(23)22-14-13-19(26-12-5-15-32-26)16-25(22)30(24)17-20-8-3-7-18-6-1-2-9-21(18)20/h1-16H,17H2,(H2,29,31). The summed E-state index contributed by atoms with van der Waals surface area (Å²) in [5.41, 5.74) is 10.9. The number of primary amides is 1. The lowest BCUT2D eigenvalue weighted by atomic mass is 10.0. The van der Waals surface area contributed by atoms with Crippen molar-refractivity contribution in [2.24, 2.45) is 5.73 Å². The maximum absolute atomic E-state index is 12.3. The van der Waals surface area contributed by atoms with Gasteiger partial charge in [-0.2, -0.15) is 0 Å². The molecule has 3 nitrogen and oxygen atoms in total. The second-order valence-electron chi connectivity index (χ2n) is 8.00. The van der Waals surface area contributed by atoms with E-state index in [1.54, 1.807) is 11.3 Å². The zero-order valence-electron chi connectivity index (χ0n) is 17.3. The number of benzene rings is 4. The smallest absolute Gasteiger partial charge is 0.249 e. The lowest BCUT2D eigenvalue weighted by Crippen LogP contribution is -2.11. The predicted molar refractivity (Wildman–Crippen MR) is 134 cm³/mol. The highest BCUT2D eigenvalue weighted by atomic mass is 32.1. The van der Waals surface area contributed by atoms with Crippen molar-refractivity contribution >= 4 is 49.8 Å². The molecule has 0 aliphatic rings. The third-order valence-electron chi connectivity index (χ3n) is 6.17. The van der Waals surface area contributed by atoms with E-state index in [0.29, 0.717) is 12.1 Å². The van der Waals surface area contributed by atoms with Crippen LogP contribution in [0, 0.1) is 0 Å². The summed E-state index contributed by atoms with van der Waals surface area (Å²) in [6.07, 6.45) is 0. The molecule has 4 heteroatoms. The van der Waals surface area contributed by atoms with Crippen LogP contribution in [0.4, 0.5) is 0 Å². The molecule has 0 bridgehead atoms. The molecule has 0 fully saturated rings. The summed E-state index contributed by atoms with van der Waals surface area (Å²) in [7, 11) is 0. The Hall–Kier alpha value is -3.89. The first-order chi connectivity index (χ1) is 15.7. The fraction of sp³-hybridized carbons (Fsp3) is 0.0357. The summed E-state index contributed by atoms with van der Waals surface area (Å²) in [4.78, 5) is 13.5. The number of nitrogens with zero attached hydrogens (tertiary/aromatic N) is 1. The molecule has 0 saturated heterocycles. The van der Waals surface area contributed by atoms with Gasteiger partial charge in [0.2, 0.25) is 5.91 Å². The Bertz CT molecular complexity index is 1620. The number of hydrogen-bond acceptors (Lipinski definition) is 2. The van der Waals surface area contributed by atoms with E-state index >= 15 is 0 Å². The number of rotatable bonds is 4. The van der Waals surface area contributed by atoms with Crippen LogP contribution in [0.15, 0.2) is 96.4 Å². The van der Waals surface area contributed by atoms with Gasteiger partial charge >= 0.3 is 0 Å². The van der Waals surface area contributed by atoms with Crippen molar-refractivity contribution in [2.75, 3.05) is 0 Å². The van der Waals surface area contributed by atoms with Gasteiger partial charge in [-0.05, 0) is 51.5 Å². The molecule has 0 aliphatic carbocycles. The molecule has 6 rings (SSSR count). The summed E-state index contributed by atoms with van der Waals surface area (Å²) >= 11 is 1.73. The second kappa shape index (κ2) is 7.36. The van der Waals surface area contributed by atoms with E-state index in [2.05, 4.69) is 88.8 Å². The van der Waals surface area contributed by atoms with Crippen LogP contribution >= 0.6 is 11.3 Å². The Morgan fingerprint density at radius 2 is 1.66 bits per heavy atom. The van der Waals surface area contributed by atoms with Crippen LogP contribution < -0.4 is 5.73 Å². The summed E-state index contributed by atoms with van der Waals surface area (Å²) in [5.74, 6) is -0.401. The van der Waals surface area contributed by atoms with Gasteiger partial charge in [-0.1, -0.05) is 66.7 Å². The molecule has 154 valence electrons. The largest absolute Gasteiger partial charge is 0.366 e. The first kappa shape index (κ1) is 18.8. The minimum absolute atomic E-state index is 0.401. The summed E-state index contributed by atoms with van der Waals surface area (Å²) in [6, 6.07) is 31.4. The van der Waals surface area contributed by atoms with Gasteiger partial charge in [0.15, 0.2) is 0 Å². The molecule has 0 unspecified atom stereocenters. The van der Waals surface area contributed by atoms with E-state index < -0.39 is 5.91 Å². The molecule has 32 heavy (non-hydrogen) atoms. The number of carbonyl (C=O) groups excluding carboxylic acids is 1. The highest BCUT2D eigenvalue weighted by Crippen LogP contribution is 2.36. The van der Waals surface area contributed by atoms with Crippen molar-refractivity contribution in [1.29, 1.82) is 0 Å². The molecular formula is C28H20N2OS. The summed E-state index contributed by atoms with van der Waals surface area (Å²) in [6.45, 7) is 0.706. The second-order valence-corrected chi connectivity index (χ2v) is 8.95. The Balaban J connectivity index is 1.66. The van der Waals surface area contributed by atoms with Gasteiger partial charge in [0.1, 0.15) is 0 Å². The molecule has 0 radical (unpaired) electrons. The Morgan fingerprint density at radius 3 is 2.50 bits per heavy atom. The number of amides is 1. The number of nitrogens with two attached hydrogens (primary N) is 1. The van der Waals surface area contributed by atoms with E-state index in [1.807, 2.05) is 12.1 Å². The van der Waals surface area contributed by atoms with E-state index in [9.17, 15) is 4.79 Å². The molecule has 0 spiro atoms. The zero-order chi connectivity index (χ0) is 21.7. The SMILES string of the molecule is NC(=O)c1cccc2c1c1ccc(-c3cccs3)cc1n2Cc1cccc2ccccc12. The van der Waals surface area contributed by atoms with Gasteiger partial charge in [-0.25, -0.2) is 0 Å². The van der Waals surface area contributed by atoms with E-state index in [0.717, 1.165) is 21.8 Å². The number of aromatic nitrogens is 1. The fourth-order valence-corrected chi connectivity index (χ4v) is 5.44. The van der Waals surface area contributed by atoms with Gasteiger partial charge in [-0.3, -0.25) is 4.79 Å². The first-order valence-electron chi connectivity index (χ1n) is 10.6. The van der Waals surface area contributed by atoms with Crippen LogP contribution in [0.3, 0.4) is 0 Å². The average molecular weight is 433 g/mol. The topological polar surface area (TPSA) is 48.0 Å². The van der Waals surface area contributed by atoms with Crippen molar-refractivity contribution in [3.05, 3.63) is 108 Å². The Morgan fingerprint density at radius 1 is 0.812 bits per heavy atom. The van der Waals surface area contributed by atoms with Crippen LogP contribution in [-0.2, 0) is 6.54 Å². The Labute approximate surface area is 189 Å². The van der Waals surface area contributed by atoms with Crippen LogP contribution in [0.5, 0.6) is 0 Å². The fourth-order valence-electron chi connectivity index (χ4n) is 4.72. The average Bonchev–Trinajstić information content (AvgIpc) is 3.46. The third-order valence-corrected chi connectivity index (χ3v) is 7.09. The lowest BCUT2D eigenvalue weighted by Gasteiger charge is -2.11. The number of thiophene rings is 1. The number of fused-ring (bicyclic) bond motifs is 4. The molecule has 2 aromatic heterocycles. The van der Waals surface area contributed by atoms with Crippen molar-refractivity contribution in [3.8, 4) is 10.4 Å². The monoisotopic (exact) mass is 432 g/mol. The first-order valence-corrected chi connectivity index (χ1v) is 11.4. The van der Waals surface area contributed by atoms with Crippen molar-refractivity contribution in [2.45, 2.75) is 6.54 Å². The minimum atomic E-state index is -0.401. The van der Waals surface area contributed by atoms with E-state index in [4.69, 9.17) is 5.73 Å². The normalized spacial score (nSPS) is 11.5. The van der Waals surface area contributed by atoms with Crippen molar-refractivity contribution in [1.82, 2.24) is 4.57 Å². The van der Waals surface area contributed by atoms with Gasteiger partial charge in [0.05, 0.1) is 11.0 Å². The van der Waals surface area contributed by atoms with Crippen molar-refractivity contribution < 1.29 is 4.79 Å². The minimum Gasteiger partial charge on any atom is -0.366 e. The number of hydrogen-bond donors (Lipinski definition) is 1. The zero-order valence-corrected chi connectivity index (χ0v) is 18.1. The summed E-state index contributed by atoms with van der Waals surface area (Å²) in [5, 5.41) is 6.53. The van der Waals surface area contributed by atoms with Crippen LogP contribution in [0.25, 0.3) is 43.0 Å². The molecule has 0 atom stereocenters. The maximum Gasteiger partial charge on any atom is 0.249 e. The Kier molecular flexibility index (Phi) is 4.33. The lowest BCUT2D eigenvalue weighted by molar-refractivity contribution is 0.100. The van der Waals surface area contributed by atoms with Crippen LogP contribution in [-0.4, -0.2) is 10.5 Å². The van der Waals surface area contributed by atoms with Crippen LogP contribution in [0.1, 0.15) is 15.9 Å². The molecule has 6 aromatic rings. The maximum atomic E-state index is 12.3. The van der Waals surface area contributed by atoms with Gasteiger partial charge < -0.3 is 10.3 Å². The van der Waals surface area contributed by atoms with Crippen LogP contribution in [0.2, 0.25) is 0 Å². The van der Waals surface area contributed by atoms with E-state index in [1.165, 1.54) is 26.8 Å². The van der Waals surface area contributed by atoms with Gasteiger partial charge in [-0.15, -0.1) is 11.3 Å².